The molecule has 2 aliphatic rings. The Kier molecular flexibility index (Phi) is 5.36. The molecule has 1 aromatic rings. The Hall–Kier alpha value is -0.380. The van der Waals surface area contributed by atoms with Crippen molar-refractivity contribution in [2.24, 2.45) is 0 Å². The van der Waals surface area contributed by atoms with E-state index in [4.69, 9.17) is 4.74 Å². The van der Waals surface area contributed by atoms with Crippen LogP contribution in [0.15, 0.2) is 17.5 Å². The summed E-state index contributed by atoms with van der Waals surface area (Å²) in [5, 5.41) is 6.16. The molecular weight excluding hydrogens is 278 g/mol. The minimum Gasteiger partial charge on any atom is -0.375 e. The predicted molar refractivity (Wildman–Crippen MR) is 89.9 cm³/mol. The fraction of sp³-hybridized carbons (Fsp3) is 0.778. The van der Waals surface area contributed by atoms with E-state index >= 15 is 0 Å². The highest BCUT2D eigenvalue weighted by Crippen LogP contribution is 2.39. The molecule has 0 aromatic carbocycles. The van der Waals surface area contributed by atoms with Crippen LogP contribution < -0.4 is 5.32 Å². The molecule has 118 valence electrons. The van der Waals surface area contributed by atoms with E-state index in [-0.39, 0.29) is 5.60 Å². The van der Waals surface area contributed by atoms with Gasteiger partial charge in [0.05, 0.1) is 5.60 Å². The molecule has 2 fully saturated rings. The van der Waals surface area contributed by atoms with Crippen LogP contribution in [0.1, 0.15) is 75.6 Å². The van der Waals surface area contributed by atoms with Crippen molar-refractivity contribution >= 4 is 11.3 Å². The van der Waals surface area contributed by atoms with Gasteiger partial charge < -0.3 is 10.1 Å². The molecule has 1 spiro atoms. The van der Waals surface area contributed by atoms with Crippen LogP contribution >= 0.6 is 11.3 Å². The minimum absolute atomic E-state index is 0.209. The Bertz CT molecular complexity index is 405. The highest BCUT2D eigenvalue weighted by Gasteiger charge is 2.38. The van der Waals surface area contributed by atoms with Gasteiger partial charge in [0.2, 0.25) is 0 Å². The maximum Gasteiger partial charge on any atom is 0.0697 e. The van der Waals surface area contributed by atoms with Gasteiger partial charge in [-0.05, 0) is 43.6 Å². The van der Waals surface area contributed by atoms with E-state index in [9.17, 15) is 0 Å². The number of ether oxygens (including phenoxy) is 1. The van der Waals surface area contributed by atoms with Crippen LogP contribution in [0.5, 0.6) is 0 Å². The molecule has 2 unspecified atom stereocenters. The molecule has 0 bridgehead atoms. The molecule has 0 radical (unpaired) electrons. The first-order valence-electron chi connectivity index (χ1n) is 8.75. The molecule has 2 heterocycles. The van der Waals surface area contributed by atoms with Crippen molar-refractivity contribution in [3.05, 3.63) is 22.4 Å². The van der Waals surface area contributed by atoms with Crippen LogP contribution in [0.4, 0.5) is 0 Å². The van der Waals surface area contributed by atoms with Crippen molar-refractivity contribution in [2.75, 3.05) is 6.61 Å². The van der Waals surface area contributed by atoms with Crippen LogP contribution in [0.3, 0.4) is 0 Å². The highest BCUT2D eigenvalue weighted by atomic mass is 32.1. The van der Waals surface area contributed by atoms with Gasteiger partial charge in [-0.25, -0.2) is 0 Å². The van der Waals surface area contributed by atoms with E-state index in [1.165, 1.54) is 62.7 Å². The van der Waals surface area contributed by atoms with Gasteiger partial charge in [0.15, 0.2) is 0 Å². The summed E-state index contributed by atoms with van der Waals surface area (Å²) >= 11 is 1.89. The lowest BCUT2D eigenvalue weighted by molar-refractivity contribution is -0.110. The molecular formula is C18H29NOS. The van der Waals surface area contributed by atoms with Crippen LogP contribution in [0.2, 0.25) is 0 Å². The van der Waals surface area contributed by atoms with Gasteiger partial charge in [0.25, 0.3) is 0 Å². The molecule has 1 aliphatic heterocycles. The summed E-state index contributed by atoms with van der Waals surface area (Å²) in [5.74, 6) is 0. The van der Waals surface area contributed by atoms with Crippen LogP contribution in [-0.2, 0) is 4.74 Å². The first kappa shape index (κ1) is 15.5. The second-order valence-corrected chi connectivity index (χ2v) is 7.78. The molecule has 2 nitrogen and oxygen atoms in total. The number of thiophene rings is 1. The normalized spacial score (nSPS) is 26.8. The third-order valence-corrected chi connectivity index (χ3v) is 6.14. The van der Waals surface area contributed by atoms with E-state index in [2.05, 4.69) is 29.8 Å². The largest absolute Gasteiger partial charge is 0.375 e. The zero-order valence-corrected chi connectivity index (χ0v) is 14.1. The lowest BCUT2D eigenvalue weighted by Crippen LogP contribution is -2.48. The fourth-order valence-corrected chi connectivity index (χ4v) is 4.91. The third-order valence-electron chi connectivity index (χ3n) is 5.16. The first-order chi connectivity index (χ1) is 10.3. The van der Waals surface area contributed by atoms with E-state index in [0.29, 0.717) is 12.1 Å². The Labute approximate surface area is 133 Å². The second kappa shape index (κ2) is 7.26. The smallest absolute Gasteiger partial charge is 0.0697 e. The second-order valence-electron chi connectivity index (χ2n) is 6.81. The Morgan fingerprint density at radius 3 is 2.95 bits per heavy atom. The predicted octanol–water partition coefficient (Wildman–Crippen LogP) is 5.06. The number of nitrogens with one attached hydrogen (secondary N) is 1. The van der Waals surface area contributed by atoms with Gasteiger partial charge in [-0.3, -0.25) is 0 Å². The van der Waals surface area contributed by atoms with Crippen molar-refractivity contribution < 1.29 is 4.74 Å². The van der Waals surface area contributed by atoms with E-state index in [1.54, 1.807) is 0 Å². The van der Waals surface area contributed by atoms with E-state index in [0.717, 1.165) is 6.61 Å². The summed E-state index contributed by atoms with van der Waals surface area (Å²) in [4.78, 5) is 1.50. The Morgan fingerprint density at radius 1 is 1.38 bits per heavy atom. The number of hydrogen-bond donors (Lipinski definition) is 1. The molecule has 1 saturated heterocycles. The summed E-state index contributed by atoms with van der Waals surface area (Å²) in [5.41, 5.74) is 0.209. The average Bonchev–Trinajstić information content (AvgIpc) is 3.02. The molecule has 1 N–H and O–H groups in total. The minimum atomic E-state index is 0.209. The topological polar surface area (TPSA) is 21.3 Å². The average molecular weight is 308 g/mol. The molecule has 1 aliphatic carbocycles. The molecule has 3 heteroatoms. The molecule has 1 aromatic heterocycles. The monoisotopic (exact) mass is 307 g/mol. The Balaban J connectivity index is 1.62. The standard InChI is InChI=1S/C18H29NOS/c1-2-7-16(17-8-6-13-21-17)19-15-9-12-20-18(14-15)10-4-3-5-11-18/h6,8,13,15-16,19H,2-5,7,9-12,14H2,1H3. The maximum absolute atomic E-state index is 6.23. The third kappa shape index (κ3) is 3.88. The zero-order valence-electron chi connectivity index (χ0n) is 13.3. The van der Waals surface area contributed by atoms with Crippen molar-refractivity contribution in [3.63, 3.8) is 0 Å². The quantitative estimate of drug-likeness (QED) is 0.821. The zero-order chi connectivity index (χ0) is 14.5. The summed E-state index contributed by atoms with van der Waals surface area (Å²) < 4.78 is 6.23. The van der Waals surface area contributed by atoms with Crippen molar-refractivity contribution in [3.8, 4) is 0 Å². The van der Waals surface area contributed by atoms with Gasteiger partial charge in [0.1, 0.15) is 0 Å². The number of hydrogen-bond acceptors (Lipinski definition) is 3. The fourth-order valence-electron chi connectivity index (χ4n) is 4.09. The number of rotatable bonds is 5. The molecule has 21 heavy (non-hydrogen) atoms. The lowest BCUT2D eigenvalue weighted by Gasteiger charge is -2.44. The molecule has 0 amide bonds. The molecule has 3 rings (SSSR count). The summed E-state index contributed by atoms with van der Waals surface area (Å²) in [6, 6.07) is 5.64. The molecule has 2 atom stereocenters. The van der Waals surface area contributed by atoms with E-state index < -0.39 is 0 Å². The van der Waals surface area contributed by atoms with Crippen LogP contribution in [0.25, 0.3) is 0 Å². The highest BCUT2D eigenvalue weighted by molar-refractivity contribution is 7.10. The summed E-state index contributed by atoms with van der Waals surface area (Å²) in [6.07, 6.45) is 11.6. The van der Waals surface area contributed by atoms with Gasteiger partial charge in [-0.2, -0.15) is 0 Å². The first-order valence-corrected chi connectivity index (χ1v) is 9.63. The maximum atomic E-state index is 6.23. The van der Waals surface area contributed by atoms with Crippen molar-refractivity contribution in [1.29, 1.82) is 0 Å². The summed E-state index contributed by atoms with van der Waals surface area (Å²) in [6.45, 7) is 3.23. The van der Waals surface area contributed by atoms with Gasteiger partial charge in [-0.1, -0.05) is 38.7 Å². The van der Waals surface area contributed by atoms with Gasteiger partial charge >= 0.3 is 0 Å². The lowest BCUT2D eigenvalue weighted by atomic mass is 9.78. The summed E-state index contributed by atoms with van der Waals surface area (Å²) in [7, 11) is 0. The SMILES string of the molecule is CCCC(NC1CCOC2(CCCCC2)C1)c1cccs1. The molecule has 1 saturated carbocycles. The van der Waals surface area contributed by atoms with E-state index in [1.807, 2.05) is 11.3 Å². The van der Waals surface area contributed by atoms with Gasteiger partial charge in [0, 0.05) is 23.6 Å². The Morgan fingerprint density at radius 2 is 2.24 bits per heavy atom. The van der Waals surface area contributed by atoms with Crippen LogP contribution in [0, 0.1) is 0 Å². The van der Waals surface area contributed by atoms with Crippen LogP contribution in [-0.4, -0.2) is 18.2 Å². The van der Waals surface area contributed by atoms with Crippen molar-refractivity contribution in [1.82, 2.24) is 5.32 Å². The van der Waals surface area contributed by atoms with Crippen molar-refractivity contribution in [2.45, 2.75) is 82.4 Å². The van der Waals surface area contributed by atoms with Gasteiger partial charge in [-0.15, -0.1) is 11.3 Å².